The molecule has 0 unspecified atom stereocenters. The minimum absolute atomic E-state index is 0.0390. The predicted octanol–water partition coefficient (Wildman–Crippen LogP) is 2.39. The number of pyridine rings is 1. The molecule has 0 saturated carbocycles. The van der Waals surface area contributed by atoms with Crippen LogP contribution in [-0.2, 0) is 0 Å². The van der Waals surface area contributed by atoms with E-state index in [-0.39, 0.29) is 23.2 Å². The highest BCUT2D eigenvalue weighted by atomic mass is 32.1. The summed E-state index contributed by atoms with van der Waals surface area (Å²) in [5.41, 5.74) is 1.61. The molecule has 0 saturated heterocycles. The number of thiophene rings is 1. The third kappa shape index (κ3) is 4.11. The third-order valence-electron chi connectivity index (χ3n) is 3.54. The summed E-state index contributed by atoms with van der Waals surface area (Å²) in [5.74, 6) is -0.360. The molecule has 0 bridgehead atoms. The van der Waals surface area contributed by atoms with Gasteiger partial charge in [0, 0.05) is 12.6 Å². The first kappa shape index (κ1) is 17.0. The number of aromatic nitrogens is 1. The first-order valence-electron chi connectivity index (χ1n) is 6.98. The lowest BCUT2D eigenvalue weighted by Gasteiger charge is -2.24. The molecule has 7 nitrogen and oxygen atoms in total. The van der Waals surface area contributed by atoms with Gasteiger partial charge in [0.15, 0.2) is 0 Å². The highest BCUT2D eigenvalue weighted by Crippen LogP contribution is 2.20. The zero-order valence-electron chi connectivity index (χ0n) is 13.1. The van der Waals surface area contributed by atoms with Gasteiger partial charge in [-0.1, -0.05) is 0 Å². The van der Waals surface area contributed by atoms with Crippen molar-refractivity contribution in [1.82, 2.24) is 15.2 Å². The number of carbonyl (C=O) groups excluding carboxylic acids is 1. The molecule has 0 aliphatic heterocycles. The zero-order chi connectivity index (χ0) is 17.0. The Labute approximate surface area is 138 Å². The molecule has 1 atom stereocenters. The number of carbonyl (C=O) groups is 1. The summed E-state index contributed by atoms with van der Waals surface area (Å²) < 4.78 is 0. The van der Waals surface area contributed by atoms with Crippen molar-refractivity contribution in [2.75, 3.05) is 20.6 Å². The maximum absolute atomic E-state index is 12.3. The quantitative estimate of drug-likeness (QED) is 0.647. The molecular formula is C15H18N4O3S. The van der Waals surface area contributed by atoms with Crippen LogP contribution < -0.4 is 5.32 Å². The second-order valence-electron chi connectivity index (χ2n) is 5.33. The van der Waals surface area contributed by atoms with Crippen molar-refractivity contribution >= 4 is 22.9 Å². The summed E-state index contributed by atoms with van der Waals surface area (Å²) in [6, 6.07) is 3.31. The second kappa shape index (κ2) is 7.30. The van der Waals surface area contributed by atoms with Crippen LogP contribution in [0.5, 0.6) is 0 Å². The van der Waals surface area contributed by atoms with Crippen molar-refractivity contribution in [3.8, 4) is 0 Å². The van der Waals surface area contributed by atoms with Crippen LogP contribution in [0.4, 0.5) is 5.69 Å². The third-order valence-corrected chi connectivity index (χ3v) is 4.24. The summed E-state index contributed by atoms with van der Waals surface area (Å²) in [5, 5.41) is 17.7. The number of nitrogens with zero attached hydrogens (tertiary/aromatic N) is 3. The van der Waals surface area contributed by atoms with Crippen LogP contribution in [0.15, 0.2) is 29.1 Å². The largest absolute Gasteiger partial charge is 0.350 e. The standard InChI is InChI=1S/C15H18N4O3S/c1-10-13(6-12(7-16-10)19(21)22)15(20)17-8-14(18(2)3)11-4-5-23-9-11/h4-7,9,14H,8H2,1-3H3,(H,17,20)/t14-/m1/s1. The Bertz CT molecular complexity index is 701. The van der Waals surface area contributed by atoms with E-state index in [4.69, 9.17) is 0 Å². The van der Waals surface area contributed by atoms with Crippen LogP contribution in [0, 0.1) is 17.0 Å². The van der Waals surface area contributed by atoms with Gasteiger partial charge in [-0.3, -0.25) is 19.9 Å². The zero-order valence-corrected chi connectivity index (χ0v) is 14.0. The van der Waals surface area contributed by atoms with Crippen LogP contribution in [0.3, 0.4) is 0 Å². The monoisotopic (exact) mass is 334 g/mol. The molecular weight excluding hydrogens is 316 g/mol. The Morgan fingerprint density at radius 3 is 2.83 bits per heavy atom. The first-order valence-corrected chi connectivity index (χ1v) is 7.92. The van der Waals surface area contributed by atoms with Gasteiger partial charge in [0.05, 0.1) is 22.2 Å². The van der Waals surface area contributed by atoms with E-state index in [1.165, 1.54) is 6.07 Å². The van der Waals surface area contributed by atoms with E-state index in [1.54, 1.807) is 18.3 Å². The highest BCUT2D eigenvalue weighted by molar-refractivity contribution is 7.07. The fraction of sp³-hybridized carbons (Fsp3) is 0.333. The summed E-state index contributed by atoms with van der Waals surface area (Å²) in [4.78, 5) is 28.6. The van der Waals surface area contributed by atoms with Gasteiger partial charge >= 0.3 is 0 Å². The molecule has 2 heterocycles. The van der Waals surface area contributed by atoms with Crippen LogP contribution in [0.1, 0.15) is 27.7 Å². The molecule has 8 heteroatoms. The van der Waals surface area contributed by atoms with E-state index in [2.05, 4.69) is 10.3 Å². The lowest BCUT2D eigenvalue weighted by atomic mass is 10.1. The van der Waals surface area contributed by atoms with Gasteiger partial charge < -0.3 is 10.2 Å². The maximum atomic E-state index is 12.3. The highest BCUT2D eigenvalue weighted by Gasteiger charge is 2.19. The van der Waals surface area contributed by atoms with Crippen molar-refractivity contribution < 1.29 is 9.72 Å². The molecule has 0 fully saturated rings. The lowest BCUT2D eigenvalue weighted by Crippen LogP contribution is -2.34. The summed E-state index contributed by atoms with van der Waals surface area (Å²) >= 11 is 1.60. The molecule has 122 valence electrons. The number of rotatable bonds is 6. The predicted molar refractivity (Wildman–Crippen MR) is 88.7 cm³/mol. The van der Waals surface area contributed by atoms with Crippen molar-refractivity contribution in [3.05, 3.63) is 56.0 Å². The molecule has 0 aliphatic rings. The van der Waals surface area contributed by atoms with Crippen LogP contribution in [0.2, 0.25) is 0 Å². The molecule has 23 heavy (non-hydrogen) atoms. The molecule has 2 aromatic heterocycles. The van der Waals surface area contributed by atoms with Crippen LogP contribution in [0.25, 0.3) is 0 Å². The van der Waals surface area contributed by atoms with Crippen molar-refractivity contribution in [2.24, 2.45) is 0 Å². The van der Waals surface area contributed by atoms with Crippen LogP contribution >= 0.6 is 11.3 Å². The number of amides is 1. The molecule has 2 aromatic rings. The number of likely N-dealkylation sites (N-methyl/N-ethyl adjacent to an activating group) is 1. The topological polar surface area (TPSA) is 88.4 Å². The molecule has 0 aromatic carbocycles. The number of nitro groups is 1. The van der Waals surface area contributed by atoms with Crippen molar-refractivity contribution in [1.29, 1.82) is 0 Å². The summed E-state index contributed by atoms with van der Waals surface area (Å²) in [7, 11) is 3.88. The Morgan fingerprint density at radius 2 is 2.26 bits per heavy atom. The van der Waals surface area contributed by atoms with E-state index >= 15 is 0 Å². The van der Waals surface area contributed by atoms with Gasteiger partial charge in [0.2, 0.25) is 0 Å². The number of hydrogen-bond acceptors (Lipinski definition) is 6. The van der Waals surface area contributed by atoms with E-state index in [1.807, 2.05) is 35.8 Å². The van der Waals surface area contributed by atoms with Crippen LogP contribution in [-0.4, -0.2) is 41.4 Å². The molecule has 1 N–H and O–H groups in total. The normalized spacial score (nSPS) is 12.2. The van der Waals surface area contributed by atoms with Gasteiger partial charge in [0.25, 0.3) is 11.6 Å². The van der Waals surface area contributed by atoms with E-state index in [0.717, 1.165) is 11.8 Å². The fourth-order valence-corrected chi connectivity index (χ4v) is 2.91. The molecule has 0 spiro atoms. The van der Waals surface area contributed by atoms with Crippen molar-refractivity contribution in [2.45, 2.75) is 13.0 Å². The van der Waals surface area contributed by atoms with E-state index in [9.17, 15) is 14.9 Å². The number of nitrogens with one attached hydrogen (secondary N) is 1. The van der Waals surface area contributed by atoms with Gasteiger partial charge in [-0.05, 0) is 43.4 Å². The van der Waals surface area contributed by atoms with E-state index in [0.29, 0.717) is 12.2 Å². The summed E-state index contributed by atoms with van der Waals surface area (Å²) in [6.07, 6.45) is 1.15. The number of aryl methyl sites for hydroxylation is 1. The molecule has 1 amide bonds. The van der Waals surface area contributed by atoms with Gasteiger partial charge in [-0.15, -0.1) is 0 Å². The summed E-state index contributed by atoms with van der Waals surface area (Å²) in [6.45, 7) is 2.06. The first-order chi connectivity index (χ1) is 10.9. The minimum Gasteiger partial charge on any atom is -0.350 e. The Hall–Kier alpha value is -2.32. The molecule has 2 rings (SSSR count). The smallest absolute Gasteiger partial charge is 0.288 e. The average Bonchev–Trinajstić information content (AvgIpc) is 3.01. The Balaban J connectivity index is 2.12. The maximum Gasteiger partial charge on any atom is 0.288 e. The molecule has 0 radical (unpaired) electrons. The SMILES string of the molecule is Cc1ncc([N+](=O)[O-])cc1C(=O)NC[C@H](c1ccsc1)N(C)C. The van der Waals surface area contributed by atoms with E-state index < -0.39 is 4.92 Å². The minimum atomic E-state index is -0.558. The molecule has 0 aliphatic carbocycles. The van der Waals surface area contributed by atoms with Crippen molar-refractivity contribution in [3.63, 3.8) is 0 Å². The lowest BCUT2D eigenvalue weighted by molar-refractivity contribution is -0.385. The van der Waals surface area contributed by atoms with Gasteiger partial charge in [-0.25, -0.2) is 0 Å². The Morgan fingerprint density at radius 1 is 1.52 bits per heavy atom. The fourth-order valence-electron chi connectivity index (χ4n) is 2.20. The second-order valence-corrected chi connectivity index (χ2v) is 6.11. The Kier molecular flexibility index (Phi) is 5.41. The average molecular weight is 334 g/mol. The number of hydrogen-bond donors (Lipinski definition) is 1. The van der Waals surface area contributed by atoms with Gasteiger partial charge in [-0.2, -0.15) is 11.3 Å². The van der Waals surface area contributed by atoms with Gasteiger partial charge in [0.1, 0.15) is 6.20 Å².